The third-order valence-electron chi connectivity index (χ3n) is 8.88. The van der Waals surface area contributed by atoms with Crippen molar-refractivity contribution >= 4 is 18.2 Å². The standard InChI is InChI=1S/C33H42N2O6/c1-22(23-14-18-34(19-15-23)30(37)41-32(2,3)4)35(21-33(16-17-33)29(36)39-5)31(38)40-20-28-26-12-8-6-10-24(26)25-11-7-9-13-27(25)28/h6-13,22-23,28H,14-21H2,1-5H3. The zero-order valence-corrected chi connectivity index (χ0v) is 24.9. The second-order valence-corrected chi connectivity index (χ2v) is 12.7. The fraction of sp³-hybridized carbons (Fsp3) is 0.545. The monoisotopic (exact) mass is 562 g/mol. The van der Waals surface area contributed by atoms with Crippen molar-refractivity contribution in [3.63, 3.8) is 0 Å². The number of likely N-dealkylation sites (tertiary alicyclic amines) is 1. The average molecular weight is 563 g/mol. The molecular weight excluding hydrogens is 520 g/mol. The highest BCUT2D eigenvalue weighted by Gasteiger charge is 2.54. The Morgan fingerprint density at radius 1 is 0.976 bits per heavy atom. The maximum atomic E-state index is 13.8. The molecule has 5 rings (SSSR count). The zero-order chi connectivity index (χ0) is 29.4. The van der Waals surface area contributed by atoms with Crippen LogP contribution in [0.25, 0.3) is 11.1 Å². The SMILES string of the molecule is COC(=O)C1(CN(C(=O)OCC2c3ccccc3-c3ccccc32)C(C)C2CCN(C(=O)OC(C)(C)C)CC2)CC1. The molecule has 3 aliphatic rings. The lowest BCUT2D eigenvalue weighted by molar-refractivity contribution is -0.148. The molecule has 0 aromatic heterocycles. The van der Waals surface area contributed by atoms with Crippen LogP contribution in [0.1, 0.15) is 70.4 Å². The van der Waals surface area contributed by atoms with Crippen molar-refractivity contribution in [1.82, 2.24) is 9.80 Å². The van der Waals surface area contributed by atoms with Crippen LogP contribution >= 0.6 is 0 Å². The Balaban J connectivity index is 1.29. The van der Waals surface area contributed by atoms with Gasteiger partial charge in [-0.1, -0.05) is 48.5 Å². The number of nitrogens with zero attached hydrogens (tertiary/aromatic N) is 2. The smallest absolute Gasteiger partial charge is 0.410 e. The van der Waals surface area contributed by atoms with E-state index < -0.39 is 17.1 Å². The molecule has 1 saturated carbocycles. The summed E-state index contributed by atoms with van der Waals surface area (Å²) in [6.07, 6.45) is 2.13. The van der Waals surface area contributed by atoms with Crippen molar-refractivity contribution in [3.8, 4) is 11.1 Å². The van der Waals surface area contributed by atoms with Gasteiger partial charge in [0.1, 0.15) is 12.2 Å². The van der Waals surface area contributed by atoms with Gasteiger partial charge in [-0.15, -0.1) is 0 Å². The van der Waals surface area contributed by atoms with Gasteiger partial charge in [0.05, 0.1) is 12.5 Å². The van der Waals surface area contributed by atoms with Crippen LogP contribution in [0.5, 0.6) is 0 Å². The van der Waals surface area contributed by atoms with E-state index in [1.807, 2.05) is 52.0 Å². The number of benzene rings is 2. The normalized spacial score (nSPS) is 18.6. The number of piperidine rings is 1. The van der Waals surface area contributed by atoms with Gasteiger partial charge in [0, 0.05) is 31.6 Å². The minimum absolute atomic E-state index is 0.0453. The summed E-state index contributed by atoms with van der Waals surface area (Å²) < 4.78 is 16.7. The average Bonchev–Trinajstić information content (AvgIpc) is 3.68. The van der Waals surface area contributed by atoms with Crippen LogP contribution < -0.4 is 0 Å². The summed E-state index contributed by atoms with van der Waals surface area (Å²) >= 11 is 0. The summed E-state index contributed by atoms with van der Waals surface area (Å²) in [7, 11) is 1.40. The Labute approximate surface area is 242 Å². The lowest BCUT2D eigenvalue weighted by Crippen LogP contribution is -2.51. The van der Waals surface area contributed by atoms with Crippen LogP contribution in [0.3, 0.4) is 0 Å². The predicted octanol–water partition coefficient (Wildman–Crippen LogP) is 6.23. The van der Waals surface area contributed by atoms with Crippen molar-refractivity contribution < 1.29 is 28.6 Å². The Bertz CT molecular complexity index is 1240. The van der Waals surface area contributed by atoms with E-state index in [9.17, 15) is 14.4 Å². The predicted molar refractivity (Wildman–Crippen MR) is 155 cm³/mol. The second-order valence-electron chi connectivity index (χ2n) is 12.7. The van der Waals surface area contributed by atoms with E-state index in [1.165, 1.54) is 18.2 Å². The Morgan fingerprint density at radius 3 is 2.05 bits per heavy atom. The molecule has 1 saturated heterocycles. The van der Waals surface area contributed by atoms with E-state index >= 15 is 0 Å². The van der Waals surface area contributed by atoms with Crippen molar-refractivity contribution in [3.05, 3.63) is 59.7 Å². The van der Waals surface area contributed by atoms with Crippen molar-refractivity contribution in [2.75, 3.05) is 33.4 Å². The van der Waals surface area contributed by atoms with Crippen LogP contribution in [-0.2, 0) is 19.0 Å². The molecule has 8 nitrogen and oxygen atoms in total. The third-order valence-corrected chi connectivity index (χ3v) is 8.88. The fourth-order valence-electron chi connectivity index (χ4n) is 6.32. The van der Waals surface area contributed by atoms with E-state index in [2.05, 4.69) is 24.3 Å². The van der Waals surface area contributed by atoms with Crippen LogP contribution in [-0.4, -0.2) is 72.9 Å². The number of methoxy groups -OCH3 is 1. The van der Waals surface area contributed by atoms with Crippen molar-refractivity contribution in [1.29, 1.82) is 0 Å². The Hall–Kier alpha value is -3.55. The zero-order valence-electron chi connectivity index (χ0n) is 24.9. The van der Waals surface area contributed by atoms with Crippen LogP contribution in [0.4, 0.5) is 9.59 Å². The molecule has 1 atom stereocenters. The highest BCUT2D eigenvalue weighted by atomic mass is 16.6. The molecule has 2 aromatic rings. The van der Waals surface area contributed by atoms with Gasteiger partial charge in [0.2, 0.25) is 0 Å². The van der Waals surface area contributed by atoms with E-state index in [1.54, 1.807) is 9.80 Å². The molecule has 41 heavy (non-hydrogen) atoms. The topological polar surface area (TPSA) is 85.4 Å². The molecule has 2 aromatic carbocycles. The summed E-state index contributed by atoms with van der Waals surface area (Å²) in [5.74, 6) is -0.167. The maximum Gasteiger partial charge on any atom is 0.410 e. The number of hydrogen-bond acceptors (Lipinski definition) is 6. The molecule has 0 N–H and O–H groups in total. The first kappa shape index (κ1) is 29.0. The van der Waals surface area contributed by atoms with Crippen molar-refractivity contribution in [2.45, 2.75) is 70.9 Å². The first-order chi connectivity index (χ1) is 19.5. The first-order valence-corrected chi connectivity index (χ1v) is 14.7. The molecule has 2 fully saturated rings. The minimum atomic E-state index is -0.675. The number of amides is 2. The number of carbonyl (C=O) groups excluding carboxylic acids is 3. The molecule has 1 unspecified atom stereocenters. The number of carbonyl (C=O) groups is 3. The third kappa shape index (κ3) is 6.07. The molecule has 220 valence electrons. The van der Waals surface area contributed by atoms with Gasteiger partial charge in [-0.05, 0) is 81.5 Å². The lowest BCUT2D eigenvalue weighted by Gasteiger charge is -2.40. The molecular formula is C33H42N2O6. The highest BCUT2D eigenvalue weighted by molar-refractivity contribution is 5.81. The second kappa shape index (κ2) is 11.4. The molecule has 0 spiro atoms. The summed E-state index contributed by atoms with van der Waals surface area (Å²) in [6.45, 7) is 9.23. The lowest BCUT2D eigenvalue weighted by atomic mass is 9.89. The molecule has 0 bridgehead atoms. The number of fused-ring (bicyclic) bond motifs is 3. The molecule has 1 heterocycles. The van der Waals surface area contributed by atoms with Gasteiger partial charge in [0.15, 0.2) is 0 Å². The van der Waals surface area contributed by atoms with Crippen LogP contribution in [0.2, 0.25) is 0 Å². The van der Waals surface area contributed by atoms with Crippen LogP contribution in [0.15, 0.2) is 48.5 Å². The number of hydrogen-bond donors (Lipinski definition) is 0. The van der Waals surface area contributed by atoms with Gasteiger partial charge in [0.25, 0.3) is 0 Å². The minimum Gasteiger partial charge on any atom is -0.469 e. The summed E-state index contributed by atoms with van der Waals surface area (Å²) in [6, 6.07) is 16.4. The summed E-state index contributed by atoms with van der Waals surface area (Å²) in [4.78, 5) is 42.6. The highest BCUT2D eigenvalue weighted by Crippen LogP contribution is 2.48. The number of esters is 1. The quantitative estimate of drug-likeness (QED) is 0.294. The number of ether oxygens (including phenoxy) is 3. The number of rotatable bonds is 7. The molecule has 0 radical (unpaired) electrons. The molecule has 8 heteroatoms. The van der Waals surface area contributed by atoms with Gasteiger partial charge in [-0.3, -0.25) is 4.79 Å². The van der Waals surface area contributed by atoms with E-state index in [-0.39, 0.29) is 43.1 Å². The fourth-order valence-corrected chi connectivity index (χ4v) is 6.32. The summed E-state index contributed by atoms with van der Waals surface area (Å²) in [5, 5.41) is 0. The van der Waals surface area contributed by atoms with Crippen LogP contribution in [0, 0.1) is 11.3 Å². The van der Waals surface area contributed by atoms with E-state index in [0.717, 1.165) is 24.0 Å². The molecule has 2 aliphatic carbocycles. The Kier molecular flexibility index (Phi) is 8.04. The van der Waals surface area contributed by atoms with Crippen molar-refractivity contribution in [2.24, 2.45) is 11.3 Å². The molecule has 2 amide bonds. The maximum absolute atomic E-state index is 13.8. The van der Waals surface area contributed by atoms with E-state index in [4.69, 9.17) is 14.2 Å². The first-order valence-electron chi connectivity index (χ1n) is 14.7. The van der Waals surface area contributed by atoms with E-state index in [0.29, 0.717) is 25.9 Å². The van der Waals surface area contributed by atoms with Gasteiger partial charge < -0.3 is 24.0 Å². The molecule has 1 aliphatic heterocycles. The summed E-state index contributed by atoms with van der Waals surface area (Å²) in [5.41, 5.74) is 3.44. The largest absolute Gasteiger partial charge is 0.469 e. The van der Waals surface area contributed by atoms with Gasteiger partial charge in [-0.25, -0.2) is 9.59 Å². The Morgan fingerprint density at radius 2 is 1.54 bits per heavy atom. The van der Waals surface area contributed by atoms with Gasteiger partial charge in [-0.2, -0.15) is 0 Å². The van der Waals surface area contributed by atoms with Gasteiger partial charge >= 0.3 is 18.2 Å².